The first kappa shape index (κ1) is 17.0. The van der Waals surface area contributed by atoms with Crippen LogP contribution in [0.3, 0.4) is 0 Å². The molecule has 7 nitrogen and oxygen atoms in total. The van der Waals surface area contributed by atoms with Gasteiger partial charge in [-0.05, 0) is 44.0 Å². The minimum atomic E-state index is -0.392. The maximum Gasteiger partial charge on any atom is 0.352 e. The van der Waals surface area contributed by atoms with Crippen molar-refractivity contribution in [3.63, 3.8) is 0 Å². The van der Waals surface area contributed by atoms with Gasteiger partial charge in [0.05, 0.1) is 5.52 Å². The van der Waals surface area contributed by atoms with Crippen molar-refractivity contribution >= 4 is 28.1 Å². The maximum atomic E-state index is 12.6. The number of rotatable bonds is 3. The van der Waals surface area contributed by atoms with E-state index >= 15 is 0 Å². The average molecular weight is 361 g/mol. The van der Waals surface area contributed by atoms with E-state index in [4.69, 9.17) is 0 Å². The number of nitrogens with zero attached hydrogens (tertiary/aromatic N) is 4. The molecule has 0 unspecified atom stereocenters. The molecule has 2 aromatic heterocycles. The summed E-state index contributed by atoms with van der Waals surface area (Å²) in [7, 11) is 0. The molecule has 0 saturated heterocycles. The van der Waals surface area contributed by atoms with Crippen LogP contribution in [0.15, 0.2) is 47.5 Å². The highest BCUT2D eigenvalue weighted by molar-refractivity contribution is 5.93. The Kier molecular flexibility index (Phi) is 3.99. The molecule has 4 rings (SSSR count). The van der Waals surface area contributed by atoms with Crippen LogP contribution in [0.4, 0.5) is 5.69 Å². The van der Waals surface area contributed by atoms with Gasteiger partial charge in [0.25, 0.3) is 0 Å². The molecule has 2 heterocycles. The van der Waals surface area contributed by atoms with Crippen molar-refractivity contribution in [1.82, 2.24) is 19.2 Å². The zero-order chi connectivity index (χ0) is 19.1. The summed E-state index contributed by atoms with van der Waals surface area (Å²) in [6.07, 6.45) is 1.46. The summed E-state index contributed by atoms with van der Waals surface area (Å²) in [6.45, 7) is 5.72. The number of benzene rings is 2. The Labute approximate surface area is 155 Å². The molecule has 0 bridgehead atoms. The Balaban J connectivity index is 1.68. The van der Waals surface area contributed by atoms with Crippen LogP contribution < -0.4 is 11.0 Å². The van der Waals surface area contributed by atoms with Gasteiger partial charge in [-0.15, -0.1) is 5.10 Å². The topological polar surface area (TPSA) is 81.3 Å². The number of amides is 1. The molecule has 0 saturated carbocycles. The number of nitrogens with one attached hydrogen (secondary N) is 1. The zero-order valence-corrected chi connectivity index (χ0v) is 15.4. The number of aromatic nitrogens is 4. The third kappa shape index (κ3) is 2.97. The van der Waals surface area contributed by atoms with Gasteiger partial charge in [-0.1, -0.05) is 29.8 Å². The first-order valence-electron chi connectivity index (χ1n) is 8.64. The molecule has 0 radical (unpaired) electrons. The second-order valence-corrected chi connectivity index (χ2v) is 6.72. The van der Waals surface area contributed by atoms with Crippen LogP contribution in [0.5, 0.6) is 0 Å². The SMILES string of the molecule is Cc1ccc(NC(=O)Cn2nc3c4cccc(C)c4ncn3c2=O)c(C)c1. The molecule has 4 aromatic rings. The highest BCUT2D eigenvalue weighted by Gasteiger charge is 2.14. The Morgan fingerprint density at radius 3 is 2.70 bits per heavy atom. The minimum absolute atomic E-state index is 0.166. The van der Waals surface area contributed by atoms with Gasteiger partial charge >= 0.3 is 5.69 Å². The molecule has 0 fully saturated rings. The van der Waals surface area contributed by atoms with Crippen LogP contribution in [-0.4, -0.2) is 25.1 Å². The summed E-state index contributed by atoms with van der Waals surface area (Å²) >= 11 is 0. The zero-order valence-electron chi connectivity index (χ0n) is 15.4. The van der Waals surface area contributed by atoms with Crippen LogP contribution >= 0.6 is 0 Å². The van der Waals surface area contributed by atoms with E-state index in [0.29, 0.717) is 5.65 Å². The summed E-state index contributed by atoms with van der Waals surface area (Å²) in [4.78, 5) is 29.4. The van der Waals surface area contributed by atoms with Crippen molar-refractivity contribution in [3.05, 3.63) is 69.9 Å². The molecule has 0 atom stereocenters. The highest BCUT2D eigenvalue weighted by atomic mass is 16.2. The number of fused-ring (bicyclic) bond motifs is 3. The number of para-hydroxylation sites is 1. The lowest BCUT2D eigenvalue weighted by Gasteiger charge is -2.08. The smallest absolute Gasteiger partial charge is 0.324 e. The number of hydrogen-bond donors (Lipinski definition) is 1. The van der Waals surface area contributed by atoms with Crippen LogP contribution in [0, 0.1) is 20.8 Å². The summed E-state index contributed by atoms with van der Waals surface area (Å²) in [5.74, 6) is -0.305. The molecule has 2 aromatic carbocycles. The fourth-order valence-corrected chi connectivity index (χ4v) is 3.22. The van der Waals surface area contributed by atoms with E-state index in [9.17, 15) is 9.59 Å². The van der Waals surface area contributed by atoms with E-state index < -0.39 is 5.69 Å². The summed E-state index contributed by atoms with van der Waals surface area (Å²) in [6, 6.07) is 11.5. The molecule has 136 valence electrons. The van der Waals surface area contributed by atoms with Gasteiger partial charge in [-0.25, -0.2) is 18.9 Å². The molecule has 0 aliphatic rings. The molecule has 1 N–H and O–H groups in total. The lowest BCUT2D eigenvalue weighted by atomic mass is 10.1. The molecule has 7 heteroatoms. The second-order valence-electron chi connectivity index (χ2n) is 6.72. The number of aryl methyl sites for hydroxylation is 3. The molecule has 1 amide bonds. The Bertz CT molecular complexity index is 1250. The van der Waals surface area contributed by atoms with E-state index in [2.05, 4.69) is 15.4 Å². The van der Waals surface area contributed by atoms with Crippen molar-refractivity contribution in [2.45, 2.75) is 27.3 Å². The number of anilines is 1. The van der Waals surface area contributed by atoms with Gasteiger partial charge in [-0.3, -0.25) is 4.79 Å². The molecule has 27 heavy (non-hydrogen) atoms. The third-order valence-electron chi connectivity index (χ3n) is 4.60. The van der Waals surface area contributed by atoms with Crippen molar-refractivity contribution in [3.8, 4) is 0 Å². The van der Waals surface area contributed by atoms with Gasteiger partial charge in [-0.2, -0.15) is 0 Å². The fourth-order valence-electron chi connectivity index (χ4n) is 3.22. The summed E-state index contributed by atoms with van der Waals surface area (Å²) in [5.41, 5.74) is 4.72. The van der Waals surface area contributed by atoms with Gasteiger partial charge in [0.2, 0.25) is 5.91 Å². The number of hydrogen-bond acceptors (Lipinski definition) is 4. The van der Waals surface area contributed by atoms with Crippen LogP contribution in [0.2, 0.25) is 0 Å². The third-order valence-corrected chi connectivity index (χ3v) is 4.60. The Hall–Kier alpha value is -3.48. The summed E-state index contributed by atoms with van der Waals surface area (Å²) < 4.78 is 2.53. The predicted octanol–water partition coefficient (Wildman–Crippen LogP) is 2.61. The molecular weight excluding hydrogens is 342 g/mol. The largest absolute Gasteiger partial charge is 0.352 e. The van der Waals surface area contributed by atoms with Crippen molar-refractivity contribution in [2.75, 3.05) is 5.32 Å². The van der Waals surface area contributed by atoms with Crippen LogP contribution in [-0.2, 0) is 11.3 Å². The predicted molar refractivity (Wildman–Crippen MR) is 104 cm³/mol. The Morgan fingerprint density at radius 2 is 1.93 bits per heavy atom. The van der Waals surface area contributed by atoms with Crippen LogP contribution in [0.1, 0.15) is 16.7 Å². The monoisotopic (exact) mass is 361 g/mol. The van der Waals surface area contributed by atoms with E-state index in [1.165, 1.54) is 10.7 Å². The molecule has 0 aliphatic heterocycles. The number of carbonyl (C=O) groups excluding carboxylic acids is 1. The van der Waals surface area contributed by atoms with Gasteiger partial charge in [0, 0.05) is 11.1 Å². The first-order chi connectivity index (χ1) is 12.9. The number of carbonyl (C=O) groups is 1. The normalized spacial score (nSPS) is 11.2. The summed E-state index contributed by atoms with van der Waals surface area (Å²) in [5, 5.41) is 7.99. The standard InChI is InChI=1S/C20H19N5O2/c1-12-7-8-16(14(3)9-12)22-17(26)10-25-20(27)24-11-21-18-13(2)5-4-6-15(18)19(24)23-25/h4-9,11H,10H2,1-3H3,(H,22,26). The minimum Gasteiger partial charge on any atom is -0.324 e. The lowest BCUT2D eigenvalue weighted by molar-refractivity contribution is -0.117. The Morgan fingerprint density at radius 1 is 1.11 bits per heavy atom. The lowest BCUT2D eigenvalue weighted by Crippen LogP contribution is -2.28. The van der Waals surface area contributed by atoms with Gasteiger partial charge < -0.3 is 5.32 Å². The van der Waals surface area contributed by atoms with Gasteiger partial charge in [0.15, 0.2) is 5.65 Å². The molecule has 0 aliphatic carbocycles. The molecular formula is C20H19N5O2. The highest BCUT2D eigenvalue weighted by Crippen LogP contribution is 2.19. The van der Waals surface area contributed by atoms with E-state index in [-0.39, 0.29) is 12.5 Å². The van der Waals surface area contributed by atoms with Crippen molar-refractivity contribution < 1.29 is 4.79 Å². The molecule has 0 spiro atoms. The quantitative estimate of drug-likeness (QED) is 0.608. The van der Waals surface area contributed by atoms with E-state index in [0.717, 1.165) is 38.0 Å². The average Bonchev–Trinajstić information content (AvgIpc) is 2.94. The fraction of sp³-hybridized carbons (Fsp3) is 0.200. The second kappa shape index (κ2) is 6.35. The van der Waals surface area contributed by atoms with Gasteiger partial charge in [0.1, 0.15) is 12.9 Å². The first-order valence-corrected chi connectivity index (χ1v) is 8.64. The van der Waals surface area contributed by atoms with Crippen LogP contribution in [0.25, 0.3) is 16.6 Å². The maximum absolute atomic E-state index is 12.6. The van der Waals surface area contributed by atoms with E-state index in [1.54, 1.807) is 0 Å². The van der Waals surface area contributed by atoms with Crippen molar-refractivity contribution in [1.29, 1.82) is 0 Å². The van der Waals surface area contributed by atoms with E-state index in [1.807, 2.05) is 57.2 Å². The van der Waals surface area contributed by atoms with Crippen molar-refractivity contribution in [2.24, 2.45) is 0 Å².